The smallest absolute Gasteiger partial charge is 0.278 e. The minimum absolute atomic E-state index is 0.168. The fraction of sp³-hybridized carbons (Fsp3) is 0.412. The number of nitrogens with zero attached hydrogens (tertiary/aromatic N) is 3. The number of piperidine rings is 1. The van der Waals surface area contributed by atoms with E-state index in [1.165, 1.54) is 4.90 Å². The van der Waals surface area contributed by atoms with Crippen molar-refractivity contribution in [2.45, 2.75) is 18.9 Å². The summed E-state index contributed by atoms with van der Waals surface area (Å²) >= 11 is 6.14. The van der Waals surface area contributed by atoms with Crippen molar-refractivity contribution in [2.24, 2.45) is 0 Å². The molecule has 1 saturated heterocycles. The van der Waals surface area contributed by atoms with Crippen molar-refractivity contribution >= 4 is 23.2 Å². The number of ether oxygens (including phenoxy) is 1. The van der Waals surface area contributed by atoms with Gasteiger partial charge in [0.05, 0.1) is 18.2 Å². The Hall–Kier alpha value is -2.05. The average Bonchev–Trinajstić information content (AvgIpc) is 3.11. The number of rotatable bonds is 4. The van der Waals surface area contributed by atoms with Crippen LogP contribution in [0.5, 0.6) is 5.75 Å². The summed E-state index contributed by atoms with van der Waals surface area (Å²) in [6.45, 7) is 1.93. The number of carbonyl (C=O) groups is 1. The molecule has 1 aromatic carbocycles. The number of amides is 1. The van der Waals surface area contributed by atoms with Gasteiger partial charge in [-0.3, -0.25) is 9.48 Å². The van der Waals surface area contributed by atoms with Crippen LogP contribution in [-0.2, 0) is 0 Å². The molecule has 2 aromatic rings. The van der Waals surface area contributed by atoms with Gasteiger partial charge >= 0.3 is 0 Å². The molecule has 0 radical (unpaired) electrons. The Morgan fingerprint density at radius 2 is 2.29 bits per heavy atom. The molecule has 6 nitrogen and oxygen atoms in total. The predicted molar refractivity (Wildman–Crippen MR) is 94.1 cm³/mol. The van der Waals surface area contributed by atoms with Crippen molar-refractivity contribution in [3.8, 4) is 5.75 Å². The third kappa shape index (κ3) is 3.39. The monoisotopic (exact) mass is 348 g/mol. The molecule has 1 amide bonds. The topological polar surface area (TPSA) is 59.4 Å². The quantitative estimate of drug-likeness (QED) is 0.923. The number of methoxy groups -OCH3 is 1. The van der Waals surface area contributed by atoms with Crippen molar-refractivity contribution in [3.05, 3.63) is 41.2 Å². The van der Waals surface area contributed by atoms with E-state index in [4.69, 9.17) is 16.3 Å². The Balaban J connectivity index is 1.76. The zero-order chi connectivity index (χ0) is 17.1. The number of benzene rings is 1. The number of carbonyl (C=O) groups excluding carboxylic acids is 1. The van der Waals surface area contributed by atoms with E-state index in [9.17, 15) is 4.79 Å². The van der Waals surface area contributed by atoms with Crippen LogP contribution in [0.15, 0.2) is 30.5 Å². The number of hydrogen-bond donors (Lipinski definition) is 1. The van der Waals surface area contributed by atoms with E-state index >= 15 is 0 Å². The van der Waals surface area contributed by atoms with Gasteiger partial charge < -0.3 is 15.0 Å². The molecular weight excluding hydrogens is 328 g/mol. The fourth-order valence-corrected chi connectivity index (χ4v) is 3.12. The molecule has 1 aliphatic rings. The van der Waals surface area contributed by atoms with E-state index in [1.54, 1.807) is 38.4 Å². The molecule has 0 saturated carbocycles. The largest absolute Gasteiger partial charge is 0.495 e. The molecular formula is C17H21ClN4O2. The van der Waals surface area contributed by atoms with Crippen LogP contribution in [0.1, 0.15) is 29.4 Å². The molecule has 1 aromatic heterocycles. The van der Waals surface area contributed by atoms with Crippen molar-refractivity contribution in [2.75, 3.05) is 32.1 Å². The minimum atomic E-state index is -0.168. The van der Waals surface area contributed by atoms with Crippen LogP contribution in [0.3, 0.4) is 0 Å². The second-order valence-corrected chi connectivity index (χ2v) is 6.27. The van der Waals surface area contributed by atoms with Crippen molar-refractivity contribution in [1.82, 2.24) is 15.1 Å². The van der Waals surface area contributed by atoms with E-state index in [-0.39, 0.29) is 5.91 Å². The Morgan fingerprint density at radius 3 is 2.96 bits per heavy atom. The molecule has 24 heavy (non-hydrogen) atoms. The number of halogens is 1. The zero-order valence-corrected chi connectivity index (χ0v) is 14.6. The molecule has 3 rings (SSSR count). The summed E-state index contributed by atoms with van der Waals surface area (Å²) in [4.78, 5) is 14.2. The Kier molecular flexibility index (Phi) is 5.06. The molecule has 1 N–H and O–H groups in total. The van der Waals surface area contributed by atoms with Crippen LogP contribution in [0.4, 0.5) is 5.69 Å². The summed E-state index contributed by atoms with van der Waals surface area (Å²) in [6.07, 6.45) is 4.07. The van der Waals surface area contributed by atoms with Gasteiger partial charge in [0.15, 0.2) is 5.69 Å². The first-order valence-electron chi connectivity index (χ1n) is 7.97. The summed E-state index contributed by atoms with van der Waals surface area (Å²) in [5.74, 6) is 0.411. The first kappa shape index (κ1) is 16.8. The van der Waals surface area contributed by atoms with Crippen molar-refractivity contribution in [1.29, 1.82) is 0 Å². The number of nitrogens with one attached hydrogen (secondary N) is 1. The maximum atomic E-state index is 12.7. The lowest BCUT2D eigenvalue weighted by atomic mass is 10.1. The highest BCUT2D eigenvalue weighted by Crippen LogP contribution is 2.29. The number of hydrogen-bond acceptors (Lipinski definition) is 4. The van der Waals surface area contributed by atoms with Crippen LogP contribution >= 0.6 is 11.6 Å². The maximum absolute atomic E-state index is 12.7. The van der Waals surface area contributed by atoms with Crippen LogP contribution in [0, 0.1) is 0 Å². The van der Waals surface area contributed by atoms with Crippen LogP contribution in [0.2, 0.25) is 5.02 Å². The van der Waals surface area contributed by atoms with E-state index in [0.717, 1.165) is 25.9 Å². The fourth-order valence-electron chi connectivity index (χ4n) is 2.87. The van der Waals surface area contributed by atoms with Crippen LogP contribution in [0.25, 0.3) is 0 Å². The highest BCUT2D eigenvalue weighted by atomic mass is 35.5. The molecule has 128 valence electrons. The zero-order valence-electron chi connectivity index (χ0n) is 13.8. The highest BCUT2D eigenvalue weighted by Gasteiger charge is 2.20. The van der Waals surface area contributed by atoms with Gasteiger partial charge in [-0.15, -0.1) is 0 Å². The molecule has 1 unspecified atom stereocenters. The summed E-state index contributed by atoms with van der Waals surface area (Å²) in [5.41, 5.74) is 1.12. The number of aromatic nitrogens is 2. The Bertz CT molecular complexity index is 725. The van der Waals surface area contributed by atoms with E-state index in [1.807, 2.05) is 10.9 Å². The molecule has 0 bridgehead atoms. The maximum Gasteiger partial charge on any atom is 0.278 e. The van der Waals surface area contributed by atoms with Gasteiger partial charge in [0.25, 0.3) is 5.91 Å². The first-order chi connectivity index (χ1) is 11.6. The predicted octanol–water partition coefficient (Wildman–Crippen LogP) is 2.75. The SMILES string of the molecule is COc1ccc(N(C)C(=O)c2ccn(C3CCCNC3)n2)cc1Cl. The van der Waals surface area contributed by atoms with E-state index < -0.39 is 0 Å². The summed E-state index contributed by atoms with van der Waals surface area (Å²) in [7, 11) is 3.27. The lowest BCUT2D eigenvalue weighted by Gasteiger charge is -2.23. The molecule has 0 aliphatic carbocycles. The van der Waals surface area contributed by atoms with Crippen LogP contribution < -0.4 is 15.0 Å². The van der Waals surface area contributed by atoms with Gasteiger partial charge in [-0.2, -0.15) is 5.10 Å². The summed E-state index contributed by atoms with van der Waals surface area (Å²) in [5, 5.41) is 8.29. The molecule has 2 heterocycles. The van der Waals surface area contributed by atoms with Gasteiger partial charge in [0.1, 0.15) is 5.75 Å². The molecule has 1 fully saturated rings. The summed E-state index contributed by atoms with van der Waals surface area (Å²) in [6, 6.07) is 7.32. The Labute approximate surface area is 146 Å². The van der Waals surface area contributed by atoms with Gasteiger partial charge in [0, 0.05) is 25.5 Å². The molecule has 1 atom stereocenters. The lowest BCUT2D eigenvalue weighted by Crippen LogP contribution is -2.32. The van der Waals surface area contributed by atoms with E-state index in [0.29, 0.717) is 28.2 Å². The first-order valence-corrected chi connectivity index (χ1v) is 8.35. The standard InChI is InChI=1S/C17H21ClN4O2/c1-21(12-5-6-16(24-2)14(18)10-12)17(23)15-7-9-22(20-15)13-4-3-8-19-11-13/h5-7,9-10,13,19H,3-4,8,11H2,1-2H3. The molecule has 1 aliphatic heterocycles. The summed E-state index contributed by atoms with van der Waals surface area (Å²) < 4.78 is 7.02. The van der Waals surface area contributed by atoms with Crippen molar-refractivity contribution < 1.29 is 9.53 Å². The lowest BCUT2D eigenvalue weighted by molar-refractivity contribution is 0.0987. The second kappa shape index (κ2) is 7.23. The highest BCUT2D eigenvalue weighted by molar-refractivity contribution is 6.32. The van der Waals surface area contributed by atoms with Gasteiger partial charge in [-0.05, 0) is 43.7 Å². The third-order valence-electron chi connectivity index (χ3n) is 4.30. The average molecular weight is 349 g/mol. The molecule has 7 heteroatoms. The third-order valence-corrected chi connectivity index (χ3v) is 4.60. The Morgan fingerprint density at radius 1 is 1.46 bits per heavy atom. The number of anilines is 1. The van der Waals surface area contributed by atoms with Crippen molar-refractivity contribution in [3.63, 3.8) is 0 Å². The second-order valence-electron chi connectivity index (χ2n) is 5.86. The minimum Gasteiger partial charge on any atom is -0.495 e. The van der Waals surface area contributed by atoms with Crippen LogP contribution in [-0.4, -0.2) is 42.9 Å². The van der Waals surface area contributed by atoms with Gasteiger partial charge in [-0.1, -0.05) is 11.6 Å². The normalized spacial score (nSPS) is 17.5. The van der Waals surface area contributed by atoms with E-state index in [2.05, 4.69) is 10.4 Å². The van der Waals surface area contributed by atoms with Gasteiger partial charge in [-0.25, -0.2) is 0 Å². The van der Waals surface area contributed by atoms with Gasteiger partial charge in [0.2, 0.25) is 0 Å². The molecule has 0 spiro atoms.